The summed E-state index contributed by atoms with van der Waals surface area (Å²) in [6.45, 7) is 9.80. The fraction of sp³-hybridized carbons (Fsp3) is 0.409. The average molecular weight is 435 g/mol. The summed E-state index contributed by atoms with van der Waals surface area (Å²) >= 11 is 0. The second-order valence-corrected chi connectivity index (χ2v) is 8.84. The summed E-state index contributed by atoms with van der Waals surface area (Å²) in [4.78, 5) is 12.8. The maximum absolute atomic E-state index is 12.8. The highest BCUT2D eigenvalue weighted by Crippen LogP contribution is 2.29. The van der Waals surface area contributed by atoms with E-state index in [1.807, 2.05) is 32.0 Å². The third kappa shape index (κ3) is 5.12. The molecule has 0 spiro atoms. The van der Waals surface area contributed by atoms with Crippen molar-refractivity contribution in [1.82, 2.24) is 4.31 Å². The zero-order valence-corrected chi connectivity index (χ0v) is 19.2. The lowest BCUT2D eigenvalue weighted by Crippen LogP contribution is -2.32. The van der Waals surface area contributed by atoms with Gasteiger partial charge in [0, 0.05) is 13.1 Å². The van der Waals surface area contributed by atoms with Gasteiger partial charge in [0.2, 0.25) is 10.0 Å². The zero-order valence-electron chi connectivity index (χ0n) is 18.4. The summed E-state index contributed by atoms with van der Waals surface area (Å²) in [6.07, 6.45) is -0.793. The molecule has 0 saturated heterocycles. The van der Waals surface area contributed by atoms with E-state index in [2.05, 4.69) is 5.32 Å². The van der Waals surface area contributed by atoms with Crippen molar-refractivity contribution in [3.05, 3.63) is 47.5 Å². The summed E-state index contributed by atoms with van der Waals surface area (Å²) in [5.74, 6) is 0.579. The molecular weight excluding hydrogens is 404 g/mol. The van der Waals surface area contributed by atoms with Crippen LogP contribution in [0.2, 0.25) is 0 Å². The molecule has 7 nitrogen and oxygen atoms in total. The minimum atomic E-state index is -3.67. The van der Waals surface area contributed by atoms with Gasteiger partial charge in [0.1, 0.15) is 11.5 Å². The fourth-order valence-corrected chi connectivity index (χ4v) is 4.47. The Hall–Kier alpha value is -2.58. The van der Waals surface area contributed by atoms with Crippen LogP contribution in [0.25, 0.3) is 0 Å². The largest absolute Gasteiger partial charge is 0.495 e. The van der Waals surface area contributed by atoms with Crippen molar-refractivity contribution < 1.29 is 22.7 Å². The first-order chi connectivity index (χ1) is 14.1. The summed E-state index contributed by atoms with van der Waals surface area (Å²) in [5, 5.41) is 2.73. The van der Waals surface area contributed by atoms with E-state index in [-0.39, 0.29) is 10.6 Å². The van der Waals surface area contributed by atoms with Gasteiger partial charge in [-0.2, -0.15) is 4.31 Å². The molecule has 0 aromatic heterocycles. The number of hydrogen-bond donors (Lipinski definition) is 1. The van der Waals surface area contributed by atoms with Crippen LogP contribution in [0.5, 0.6) is 11.5 Å². The van der Waals surface area contributed by atoms with Crippen molar-refractivity contribution in [2.75, 3.05) is 25.5 Å². The predicted octanol–water partition coefficient (Wildman–Crippen LogP) is 3.75. The molecule has 164 valence electrons. The normalized spacial score (nSPS) is 12.5. The fourth-order valence-electron chi connectivity index (χ4n) is 2.99. The Labute approximate surface area is 179 Å². The Morgan fingerprint density at radius 1 is 1.10 bits per heavy atom. The number of nitrogens with zero attached hydrogens (tertiary/aromatic N) is 1. The Kier molecular flexibility index (Phi) is 7.86. The second-order valence-electron chi connectivity index (χ2n) is 6.90. The van der Waals surface area contributed by atoms with Crippen molar-refractivity contribution in [2.24, 2.45) is 0 Å². The molecule has 1 unspecified atom stereocenters. The summed E-state index contributed by atoms with van der Waals surface area (Å²) in [5.41, 5.74) is 2.30. The van der Waals surface area contributed by atoms with E-state index >= 15 is 0 Å². The van der Waals surface area contributed by atoms with Gasteiger partial charge < -0.3 is 14.8 Å². The maximum atomic E-state index is 12.8. The van der Waals surface area contributed by atoms with Crippen LogP contribution in [0.3, 0.4) is 0 Å². The van der Waals surface area contributed by atoms with Crippen LogP contribution in [0.1, 0.15) is 31.9 Å². The van der Waals surface area contributed by atoms with Crippen LogP contribution in [0.4, 0.5) is 5.69 Å². The number of carbonyl (C=O) groups is 1. The number of rotatable bonds is 9. The number of methoxy groups -OCH3 is 1. The van der Waals surface area contributed by atoms with E-state index in [0.717, 1.165) is 11.1 Å². The summed E-state index contributed by atoms with van der Waals surface area (Å²) in [6, 6.07) is 10.1. The number of sulfonamides is 1. The second kappa shape index (κ2) is 9.95. The van der Waals surface area contributed by atoms with Crippen LogP contribution < -0.4 is 14.8 Å². The lowest BCUT2D eigenvalue weighted by molar-refractivity contribution is -0.122. The van der Waals surface area contributed by atoms with Gasteiger partial charge >= 0.3 is 0 Å². The predicted molar refractivity (Wildman–Crippen MR) is 118 cm³/mol. The standard InChI is InChI=1S/C22H30N2O5S/c1-7-24(8-2)30(26,27)18-12-13-21(28-6)19(14-18)23-22(25)17(5)29-20-11-9-10-15(3)16(20)4/h9-14,17H,7-8H2,1-6H3,(H,23,25). The van der Waals surface area contributed by atoms with Gasteiger partial charge in [-0.3, -0.25) is 4.79 Å². The molecule has 0 bridgehead atoms. The molecule has 0 radical (unpaired) electrons. The van der Waals surface area contributed by atoms with E-state index in [1.54, 1.807) is 20.8 Å². The minimum Gasteiger partial charge on any atom is -0.495 e. The topological polar surface area (TPSA) is 84.9 Å². The van der Waals surface area contributed by atoms with Crippen molar-refractivity contribution in [2.45, 2.75) is 45.6 Å². The number of aryl methyl sites for hydroxylation is 1. The molecule has 0 aliphatic carbocycles. The first-order valence-electron chi connectivity index (χ1n) is 9.87. The number of ether oxygens (including phenoxy) is 2. The van der Waals surface area contributed by atoms with Gasteiger partial charge in [-0.25, -0.2) is 8.42 Å². The SMILES string of the molecule is CCN(CC)S(=O)(=O)c1ccc(OC)c(NC(=O)C(C)Oc2cccc(C)c2C)c1. The number of amides is 1. The number of carbonyl (C=O) groups excluding carboxylic acids is 1. The highest BCUT2D eigenvalue weighted by molar-refractivity contribution is 7.89. The van der Waals surface area contributed by atoms with E-state index in [4.69, 9.17) is 9.47 Å². The summed E-state index contributed by atoms with van der Waals surface area (Å²) < 4.78 is 38.1. The monoisotopic (exact) mass is 434 g/mol. The Morgan fingerprint density at radius 2 is 1.77 bits per heavy atom. The van der Waals surface area contributed by atoms with Gasteiger partial charge in [0.25, 0.3) is 5.91 Å². The first-order valence-corrected chi connectivity index (χ1v) is 11.3. The van der Waals surface area contributed by atoms with E-state index in [9.17, 15) is 13.2 Å². The number of nitrogens with one attached hydrogen (secondary N) is 1. The molecule has 0 aliphatic heterocycles. The van der Waals surface area contributed by atoms with Crippen molar-refractivity contribution in [3.8, 4) is 11.5 Å². The third-order valence-corrected chi connectivity index (χ3v) is 7.05. The number of hydrogen-bond acceptors (Lipinski definition) is 5. The minimum absolute atomic E-state index is 0.0883. The zero-order chi connectivity index (χ0) is 22.5. The molecule has 0 heterocycles. The molecule has 1 atom stereocenters. The van der Waals surface area contributed by atoms with Crippen molar-refractivity contribution in [3.63, 3.8) is 0 Å². The summed E-state index contributed by atoms with van der Waals surface area (Å²) in [7, 11) is -2.21. The van der Waals surface area contributed by atoms with Crippen LogP contribution in [-0.4, -0.2) is 44.9 Å². The van der Waals surface area contributed by atoms with Crippen molar-refractivity contribution in [1.29, 1.82) is 0 Å². The Balaban J connectivity index is 2.28. The molecule has 2 aromatic carbocycles. The highest BCUT2D eigenvalue weighted by Gasteiger charge is 2.24. The number of anilines is 1. The molecule has 2 aromatic rings. The van der Waals surface area contributed by atoms with Crippen LogP contribution in [0.15, 0.2) is 41.3 Å². The van der Waals surface area contributed by atoms with E-state index < -0.39 is 22.0 Å². The van der Waals surface area contributed by atoms with Gasteiger partial charge in [-0.1, -0.05) is 26.0 Å². The molecule has 0 fully saturated rings. The molecule has 1 amide bonds. The van der Waals surface area contributed by atoms with Gasteiger partial charge in [0.15, 0.2) is 6.10 Å². The molecule has 8 heteroatoms. The Bertz CT molecular complexity index is 1000. The van der Waals surface area contributed by atoms with Crippen LogP contribution >= 0.6 is 0 Å². The Morgan fingerprint density at radius 3 is 2.37 bits per heavy atom. The lowest BCUT2D eigenvalue weighted by Gasteiger charge is -2.21. The van der Waals surface area contributed by atoms with E-state index in [0.29, 0.717) is 24.6 Å². The molecule has 0 aliphatic rings. The van der Waals surface area contributed by atoms with Crippen LogP contribution in [0, 0.1) is 13.8 Å². The molecule has 0 saturated carbocycles. The molecule has 30 heavy (non-hydrogen) atoms. The average Bonchev–Trinajstić information content (AvgIpc) is 2.71. The van der Waals surface area contributed by atoms with Gasteiger partial charge in [-0.15, -0.1) is 0 Å². The third-order valence-electron chi connectivity index (χ3n) is 5.00. The lowest BCUT2D eigenvalue weighted by atomic mass is 10.1. The quantitative estimate of drug-likeness (QED) is 0.650. The highest BCUT2D eigenvalue weighted by atomic mass is 32.2. The van der Waals surface area contributed by atoms with Crippen molar-refractivity contribution >= 4 is 21.6 Å². The van der Waals surface area contributed by atoms with Gasteiger partial charge in [0.05, 0.1) is 17.7 Å². The van der Waals surface area contributed by atoms with E-state index in [1.165, 1.54) is 29.6 Å². The molecule has 2 rings (SSSR count). The smallest absolute Gasteiger partial charge is 0.265 e. The number of benzene rings is 2. The molecular formula is C22H30N2O5S. The molecule has 1 N–H and O–H groups in total. The first kappa shape index (κ1) is 23.7. The van der Waals surface area contributed by atoms with Gasteiger partial charge in [-0.05, 0) is 56.2 Å². The van der Waals surface area contributed by atoms with Crippen LogP contribution in [-0.2, 0) is 14.8 Å². The maximum Gasteiger partial charge on any atom is 0.265 e.